The number of benzene rings is 1. The van der Waals surface area contributed by atoms with Crippen LogP contribution in [0.25, 0.3) is 11.1 Å². The molecular formula is C14H11FN2O. The molecule has 0 unspecified atom stereocenters. The van der Waals surface area contributed by atoms with Crippen molar-refractivity contribution in [3.05, 3.63) is 48.0 Å². The van der Waals surface area contributed by atoms with E-state index in [0.29, 0.717) is 5.75 Å². The number of hydrogen-bond donors (Lipinski definition) is 0. The molecule has 0 amide bonds. The Morgan fingerprint density at radius 2 is 2.00 bits per heavy atom. The Labute approximate surface area is 104 Å². The molecule has 1 heterocycles. The highest BCUT2D eigenvalue weighted by molar-refractivity contribution is 5.69. The highest BCUT2D eigenvalue weighted by atomic mass is 19.1. The predicted molar refractivity (Wildman–Crippen MR) is 65.5 cm³/mol. The second-order valence-corrected chi connectivity index (χ2v) is 3.71. The molecule has 2 aromatic rings. The molecular weight excluding hydrogens is 231 g/mol. The average Bonchev–Trinajstić information content (AvgIpc) is 2.40. The number of methoxy groups -OCH3 is 1. The zero-order chi connectivity index (χ0) is 13.0. The number of rotatable bonds is 3. The molecule has 4 heteroatoms. The monoisotopic (exact) mass is 242 g/mol. The Kier molecular flexibility index (Phi) is 3.54. The Bertz CT molecular complexity index is 588. The van der Waals surface area contributed by atoms with Crippen molar-refractivity contribution >= 4 is 0 Å². The summed E-state index contributed by atoms with van der Waals surface area (Å²) in [4.78, 5) is 4.07. The van der Waals surface area contributed by atoms with Gasteiger partial charge in [-0.1, -0.05) is 12.1 Å². The van der Waals surface area contributed by atoms with E-state index in [1.807, 2.05) is 0 Å². The largest absolute Gasteiger partial charge is 0.495 e. The van der Waals surface area contributed by atoms with Crippen molar-refractivity contribution in [2.45, 2.75) is 6.42 Å². The number of aromatic nitrogens is 1. The zero-order valence-corrected chi connectivity index (χ0v) is 9.85. The topological polar surface area (TPSA) is 45.9 Å². The SMILES string of the molecule is COc1cncc(-c2ccc(F)cc2)c1CC#N. The summed E-state index contributed by atoms with van der Waals surface area (Å²) in [5.74, 6) is 0.273. The van der Waals surface area contributed by atoms with Crippen LogP contribution in [-0.4, -0.2) is 12.1 Å². The van der Waals surface area contributed by atoms with E-state index in [2.05, 4.69) is 11.1 Å². The molecule has 90 valence electrons. The van der Waals surface area contributed by atoms with Gasteiger partial charge in [-0.2, -0.15) is 5.26 Å². The summed E-state index contributed by atoms with van der Waals surface area (Å²) in [6.07, 6.45) is 3.44. The predicted octanol–water partition coefficient (Wildman–Crippen LogP) is 2.96. The Morgan fingerprint density at radius 1 is 1.28 bits per heavy atom. The molecule has 3 nitrogen and oxygen atoms in total. The molecule has 0 atom stereocenters. The first-order valence-corrected chi connectivity index (χ1v) is 5.40. The van der Waals surface area contributed by atoms with Crippen molar-refractivity contribution in [3.8, 4) is 22.9 Å². The van der Waals surface area contributed by atoms with Crippen LogP contribution < -0.4 is 4.74 Å². The molecule has 0 bridgehead atoms. The molecule has 0 N–H and O–H groups in total. The van der Waals surface area contributed by atoms with Gasteiger partial charge in [0.05, 0.1) is 25.8 Å². The standard InChI is InChI=1S/C14H11FN2O/c1-18-14-9-17-8-13(12(14)6-7-16)10-2-4-11(15)5-3-10/h2-5,8-9H,6H2,1H3. The number of nitriles is 1. The van der Waals surface area contributed by atoms with Crippen molar-refractivity contribution in [1.29, 1.82) is 5.26 Å². The fourth-order valence-electron chi connectivity index (χ4n) is 1.78. The smallest absolute Gasteiger partial charge is 0.141 e. The molecule has 0 radical (unpaired) electrons. The first-order chi connectivity index (χ1) is 8.76. The van der Waals surface area contributed by atoms with E-state index in [4.69, 9.17) is 10.00 Å². The molecule has 1 aromatic heterocycles. The number of halogens is 1. The summed E-state index contributed by atoms with van der Waals surface area (Å²) in [5.41, 5.74) is 2.37. The van der Waals surface area contributed by atoms with Crippen molar-refractivity contribution in [2.24, 2.45) is 0 Å². The van der Waals surface area contributed by atoms with Gasteiger partial charge in [0.15, 0.2) is 0 Å². The summed E-state index contributed by atoms with van der Waals surface area (Å²) in [6, 6.07) is 8.18. The van der Waals surface area contributed by atoms with Gasteiger partial charge in [-0.3, -0.25) is 4.98 Å². The van der Waals surface area contributed by atoms with E-state index in [1.165, 1.54) is 19.2 Å². The van der Waals surface area contributed by atoms with Crippen LogP contribution in [0.2, 0.25) is 0 Å². The van der Waals surface area contributed by atoms with E-state index >= 15 is 0 Å². The number of ether oxygens (including phenoxy) is 1. The molecule has 0 saturated heterocycles. The van der Waals surface area contributed by atoms with E-state index in [1.54, 1.807) is 24.5 Å². The van der Waals surface area contributed by atoms with Crippen LogP contribution in [0.15, 0.2) is 36.7 Å². The average molecular weight is 242 g/mol. The molecule has 0 fully saturated rings. The van der Waals surface area contributed by atoms with Gasteiger partial charge in [-0.15, -0.1) is 0 Å². The third kappa shape index (κ3) is 2.30. The Balaban J connectivity index is 2.56. The third-order valence-corrected chi connectivity index (χ3v) is 2.65. The van der Waals surface area contributed by atoms with Gasteiger partial charge in [0.2, 0.25) is 0 Å². The van der Waals surface area contributed by atoms with E-state index in [9.17, 15) is 4.39 Å². The van der Waals surface area contributed by atoms with Crippen molar-refractivity contribution < 1.29 is 9.13 Å². The molecule has 0 aliphatic rings. The number of hydrogen-bond acceptors (Lipinski definition) is 3. The van der Waals surface area contributed by atoms with Gasteiger partial charge in [0, 0.05) is 17.3 Å². The molecule has 18 heavy (non-hydrogen) atoms. The minimum absolute atomic E-state index is 0.221. The Morgan fingerprint density at radius 3 is 2.61 bits per heavy atom. The first kappa shape index (κ1) is 12.1. The first-order valence-electron chi connectivity index (χ1n) is 5.40. The lowest BCUT2D eigenvalue weighted by Crippen LogP contribution is -1.96. The summed E-state index contributed by atoms with van der Waals surface area (Å²) in [6.45, 7) is 0. The van der Waals surface area contributed by atoms with Crippen LogP contribution in [0, 0.1) is 17.1 Å². The lowest BCUT2D eigenvalue weighted by molar-refractivity contribution is 0.409. The number of pyridine rings is 1. The quantitative estimate of drug-likeness (QED) is 0.831. The molecule has 1 aromatic carbocycles. The van der Waals surface area contributed by atoms with Crippen LogP contribution in [0.1, 0.15) is 5.56 Å². The molecule has 0 aliphatic heterocycles. The maximum atomic E-state index is 12.9. The van der Waals surface area contributed by atoms with E-state index in [0.717, 1.165) is 16.7 Å². The maximum Gasteiger partial charge on any atom is 0.141 e. The summed E-state index contributed by atoms with van der Waals surface area (Å²) in [5, 5.41) is 8.87. The van der Waals surface area contributed by atoms with Gasteiger partial charge in [-0.05, 0) is 17.7 Å². The zero-order valence-electron chi connectivity index (χ0n) is 9.85. The maximum absolute atomic E-state index is 12.9. The molecule has 0 saturated carbocycles. The van der Waals surface area contributed by atoms with Crippen LogP contribution in [-0.2, 0) is 6.42 Å². The second-order valence-electron chi connectivity index (χ2n) is 3.71. The Hall–Kier alpha value is -2.41. The lowest BCUT2D eigenvalue weighted by atomic mass is 9.99. The second kappa shape index (κ2) is 5.28. The normalized spacial score (nSPS) is 9.83. The minimum Gasteiger partial charge on any atom is -0.495 e. The molecule has 0 aliphatic carbocycles. The number of nitrogens with zero attached hydrogens (tertiary/aromatic N) is 2. The van der Waals surface area contributed by atoms with Gasteiger partial charge < -0.3 is 4.74 Å². The highest BCUT2D eigenvalue weighted by Gasteiger charge is 2.11. The highest BCUT2D eigenvalue weighted by Crippen LogP contribution is 2.29. The van der Waals surface area contributed by atoms with Crippen molar-refractivity contribution in [3.63, 3.8) is 0 Å². The van der Waals surface area contributed by atoms with Gasteiger partial charge >= 0.3 is 0 Å². The van der Waals surface area contributed by atoms with Crippen LogP contribution in [0.5, 0.6) is 5.75 Å². The van der Waals surface area contributed by atoms with Crippen LogP contribution in [0.4, 0.5) is 4.39 Å². The van der Waals surface area contributed by atoms with Crippen molar-refractivity contribution in [2.75, 3.05) is 7.11 Å². The van der Waals surface area contributed by atoms with Crippen molar-refractivity contribution in [1.82, 2.24) is 4.98 Å². The fraction of sp³-hybridized carbons (Fsp3) is 0.143. The van der Waals surface area contributed by atoms with Gasteiger partial charge in [-0.25, -0.2) is 4.39 Å². The van der Waals surface area contributed by atoms with E-state index in [-0.39, 0.29) is 12.2 Å². The minimum atomic E-state index is -0.295. The fourth-order valence-corrected chi connectivity index (χ4v) is 1.78. The summed E-state index contributed by atoms with van der Waals surface area (Å²) >= 11 is 0. The van der Waals surface area contributed by atoms with Gasteiger partial charge in [0.25, 0.3) is 0 Å². The lowest BCUT2D eigenvalue weighted by Gasteiger charge is -2.10. The molecule has 0 spiro atoms. The van der Waals surface area contributed by atoms with Gasteiger partial charge in [0.1, 0.15) is 11.6 Å². The van der Waals surface area contributed by atoms with E-state index < -0.39 is 0 Å². The van der Waals surface area contributed by atoms with Crippen LogP contribution >= 0.6 is 0 Å². The third-order valence-electron chi connectivity index (χ3n) is 2.65. The van der Waals surface area contributed by atoms with Crippen LogP contribution in [0.3, 0.4) is 0 Å². The molecule has 2 rings (SSSR count). The summed E-state index contributed by atoms with van der Waals surface area (Å²) in [7, 11) is 1.53. The summed E-state index contributed by atoms with van der Waals surface area (Å²) < 4.78 is 18.1.